The van der Waals surface area contributed by atoms with E-state index in [0.717, 1.165) is 17.3 Å². The second-order valence-electron chi connectivity index (χ2n) is 7.03. The summed E-state index contributed by atoms with van der Waals surface area (Å²) < 4.78 is 13.3. The van der Waals surface area contributed by atoms with E-state index in [4.69, 9.17) is 20.9 Å². The van der Waals surface area contributed by atoms with Gasteiger partial charge in [-0.15, -0.1) is 0 Å². The van der Waals surface area contributed by atoms with Gasteiger partial charge in [-0.05, 0) is 54.2 Å². The molecule has 0 unspecified atom stereocenters. The van der Waals surface area contributed by atoms with Gasteiger partial charge in [0.1, 0.15) is 18.1 Å². The van der Waals surface area contributed by atoms with Gasteiger partial charge in [0.2, 0.25) is 11.0 Å². The van der Waals surface area contributed by atoms with Gasteiger partial charge in [0, 0.05) is 30.2 Å². The van der Waals surface area contributed by atoms with Crippen LogP contribution in [0.1, 0.15) is 10.4 Å². The fourth-order valence-electron chi connectivity index (χ4n) is 3.23. The van der Waals surface area contributed by atoms with Crippen LogP contribution in [0.15, 0.2) is 78.0 Å². The Morgan fingerprint density at radius 1 is 1.12 bits per heavy atom. The number of aryl methyl sites for hydroxylation is 1. The number of anilines is 1. The van der Waals surface area contributed by atoms with Crippen molar-refractivity contribution in [3.63, 3.8) is 0 Å². The van der Waals surface area contributed by atoms with Crippen LogP contribution in [0.4, 0.5) is 5.69 Å². The van der Waals surface area contributed by atoms with Crippen LogP contribution in [0.5, 0.6) is 17.4 Å². The van der Waals surface area contributed by atoms with E-state index in [1.165, 1.54) is 0 Å². The average molecular weight is 462 g/mol. The zero-order valence-corrected chi connectivity index (χ0v) is 18.8. The number of hydrogen-bond acceptors (Lipinski definition) is 8. The molecular formula is C24H23N5O3S. The Balaban J connectivity index is 1.63. The van der Waals surface area contributed by atoms with Crippen molar-refractivity contribution in [2.45, 2.75) is 4.90 Å². The molecule has 0 spiro atoms. The van der Waals surface area contributed by atoms with Crippen LogP contribution in [0.3, 0.4) is 0 Å². The number of nitrogen functional groups attached to an aromatic ring is 1. The number of pyridine rings is 1. The van der Waals surface area contributed by atoms with Gasteiger partial charge in [0.15, 0.2) is 0 Å². The molecule has 0 amide bonds. The number of aromatic nitrogens is 3. The molecule has 2 aromatic carbocycles. The summed E-state index contributed by atoms with van der Waals surface area (Å²) in [5.74, 6) is 1.47. The number of para-hydroxylation sites is 1. The van der Waals surface area contributed by atoms with Gasteiger partial charge in [-0.2, -0.15) is 5.10 Å². The zero-order chi connectivity index (χ0) is 23.2. The predicted molar refractivity (Wildman–Crippen MR) is 129 cm³/mol. The number of carbonyl (C=O) groups excluding carboxylic acids is 1. The van der Waals surface area contributed by atoms with Crippen LogP contribution in [-0.4, -0.2) is 33.0 Å². The minimum absolute atomic E-state index is 0.200. The minimum Gasteiger partial charge on any atom is -0.492 e. The van der Waals surface area contributed by atoms with Gasteiger partial charge in [-0.3, -0.25) is 9.48 Å². The maximum Gasteiger partial charge on any atom is 0.231 e. The van der Waals surface area contributed by atoms with E-state index in [2.05, 4.69) is 10.1 Å². The highest BCUT2D eigenvalue weighted by Gasteiger charge is 2.19. The van der Waals surface area contributed by atoms with E-state index in [0.29, 0.717) is 46.5 Å². The first-order chi connectivity index (χ1) is 16.1. The number of nitrogens with zero attached hydrogens (tertiary/aromatic N) is 3. The van der Waals surface area contributed by atoms with Gasteiger partial charge in [-0.25, -0.2) is 4.98 Å². The number of thioether (sulfide) groups is 1. The fourth-order valence-corrected chi connectivity index (χ4v) is 4.02. The Bertz CT molecular complexity index is 1240. The minimum atomic E-state index is -0.200. The SMILES string of the molecule is Cn1ncc(N)c1-c1cc(SC(=O)c2cccnc2Oc2ccccc2)ccc1OCCN. The number of ether oxygens (including phenoxy) is 2. The summed E-state index contributed by atoms with van der Waals surface area (Å²) in [5.41, 5.74) is 14.1. The molecule has 8 nitrogen and oxygen atoms in total. The third kappa shape index (κ3) is 5.16. The third-order valence-corrected chi connectivity index (χ3v) is 5.60. The van der Waals surface area contributed by atoms with Crippen LogP contribution >= 0.6 is 11.8 Å². The van der Waals surface area contributed by atoms with E-state index in [1.807, 2.05) is 30.3 Å². The molecule has 0 aliphatic carbocycles. The van der Waals surface area contributed by atoms with Gasteiger partial charge in [0.05, 0.1) is 23.1 Å². The molecule has 4 N–H and O–H groups in total. The highest BCUT2D eigenvalue weighted by molar-refractivity contribution is 8.14. The first-order valence-electron chi connectivity index (χ1n) is 10.2. The summed E-state index contributed by atoms with van der Waals surface area (Å²) in [6, 6.07) is 18.1. The average Bonchev–Trinajstić information content (AvgIpc) is 3.16. The summed E-state index contributed by atoms with van der Waals surface area (Å²) in [5, 5.41) is 4.02. The van der Waals surface area contributed by atoms with Crippen LogP contribution in [0.25, 0.3) is 11.3 Å². The maximum atomic E-state index is 13.2. The molecule has 2 aromatic heterocycles. The van der Waals surface area contributed by atoms with Crippen molar-refractivity contribution in [1.29, 1.82) is 0 Å². The quantitative estimate of drug-likeness (QED) is 0.376. The molecule has 0 saturated carbocycles. The lowest BCUT2D eigenvalue weighted by Crippen LogP contribution is -2.11. The molecule has 0 aliphatic heterocycles. The van der Waals surface area contributed by atoms with Gasteiger partial charge >= 0.3 is 0 Å². The predicted octanol–water partition coefficient (Wildman–Crippen LogP) is 4.13. The van der Waals surface area contributed by atoms with Crippen molar-refractivity contribution in [2.24, 2.45) is 12.8 Å². The highest BCUT2D eigenvalue weighted by atomic mass is 32.2. The van der Waals surface area contributed by atoms with E-state index >= 15 is 0 Å². The lowest BCUT2D eigenvalue weighted by Gasteiger charge is -2.14. The normalized spacial score (nSPS) is 10.7. The van der Waals surface area contributed by atoms with E-state index in [-0.39, 0.29) is 11.0 Å². The monoisotopic (exact) mass is 461 g/mol. The molecule has 0 bridgehead atoms. The van der Waals surface area contributed by atoms with Crippen molar-refractivity contribution in [1.82, 2.24) is 14.8 Å². The number of nitrogens with two attached hydrogens (primary N) is 2. The molecular weight excluding hydrogens is 438 g/mol. The van der Waals surface area contributed by atoms with Crippen LogP contribution in [0.2, 0.25) is 0 Å². The highest BCUT2D eigenvalue weighted by Crippen LogP contribution is 2.38. The van der Waals surface area contributed by atoms with Crippen LogP contribution in [0, 0.1) is 0 Å². The molecule has 0 saturated heterocycles. The first kappa shape index (κ1) is 22.4. The van der Waals surface area contributed by atoms with Crippen molar-refractivity contribution in [3.8, 4) is 28.6 Å². The maximum absolute atomic E-state index is 13.2. The first-order valence-corrected chi connectivity index (χ1v) is 11.0. The second-order valence-corrected chi connectivity index (χ2v) is 8.07. The molecule has 4 aromatic rings. The third-order valence-electron chi connectivity index (χ3n) is 4.71. The molecule has 0 aliphatic rings. The van der Waals surface area contributed by atoms with Gasteiger partial charge in [0.25, 0.3) is 0 Å². The Labute approximate surface area is 195 Å². The fraction of sp³-hybridized carbons (Fsp3) is 0.125. The number of hydrogen-bond donors (Lipinski definition) is 2. The molecule has 0 atom stereocenters. The molecule has 2 heterocycles. The molecule has 0 fully saturated rings. The summed E-state index contributed by atoms with van der Waals surface area (Å²) in [6.45, 7) is 0.729. The largest absolute Gasteiger partial charge is 0.492 e. The van der Waals surface area contributed by atoms with Crippen molar-refractivity contribution < 1.29 is 14.3 Å². The van der Waals surface area contributed by atoms with Crippen LogP contribution < -0.4 is 20.9 Å². The van der Waals surface area contributed by atoms with Crippen molar-refractivity contribution >= 4 is 22.6 Å². The summed E-state index contributed by atoms with van der Waals surface area (Å²) in [6.07, 6.45) is 3.17. The molecule has 4 rings (SSSR count). The number of rotatable bonds is 8. The van der Waals surface area contributed by atoms with Crippen molar-refractivity contribution in [3.05, 3.63) is 78.6 Å². The molecule has 33 heavy (non-hydrogen) atoms. The van der Waals surface area contributed by atoms with E-state index in [9.17, 15) is 4.79 Å². The zero-order valence-electron chi connectivity index (χ0n) is 18.0. The number of carbonyl (C=O) groups is 1. The van der Waals surface area contributed by atoms with E-state index in [1.54, 1.807) is 54.5 Å². The number of benzene rings is 2. The summed E-state index contributed by atoms with van der Waals surface area (Å²) in [4.78, 5) is 18.1. The van der Waals surface area contributed by atoms with E-state index < -0.39 is 0 Å². The molecule has 0 radical (unpaired) electrons. The Hall–Kier alpha value is -3.82. The van der Waals surface area contributed by atoms with Gasteiger partial charge < -0.3 is 20.9 Å². The summed E-state index contributed by atoms with van der Waals surface area (Å²) in [7, 11) is 1.80. The Morgan fingerprint density at radius 2 is 1.94 bits per heavy atom. The van der Waals surface area contributed by atoms with Gasteiger partial charge in [-0.1, -0.05) is 18.2 Å². The Morgan fingerprint density at radius 3 is 2.67 bits per heavy atom. The Kier molecular flexibility index (Phi) is 6.92. The lowest BCUT2D eigenvalue weighted by atomic mass is 10.1. The smallest absolute Gasteiger partial charge is 0.231 e. The van der Waals surface area contributed by atoms with Crippen LogP contribution in [-0.2, 0) is 7.05 Å². The second kappa shape index (κ2) is 10.2. The topological polar surface area (TPSA) is 118 Å². The van der Waals surface area contributed by atoms with Crippen molar-refractivity contribution in [2.75, 3.05) is 18.9 Å². The lowest BCUT2D eigenvalue weighted by molar-refractivity contribution is 0.108. The molecule has 168 valence electrons. The summed E-state index contributed by atoms with van der Waals surface area (Å²) >= 11 is 1.07. The standard InChI is InChI=1S/C24H23N5O3S/c1-29-22(20(26)15-28-29)19-14-17(9-10-21(19)31-13-11-25)33-24(30)18-8-5-12-27-23(18)32-16-6-3-2-4-7-16/h2-10,12,14-15H,11,13,25-26H2,1H3. The molecule has 9 heteroatoms.